The van der Waals surface area contributed by atoms with E-state index in [2.05, 4.69) is 0 Å². The van der Waals surface area contributed by atoms with E-state index in [1.807, 2.05) is 13.8 Å². The maximum Gasteiger partial charge on any atom is 0.257 e. The number of carbonyl (C=O) groups excluding carboxylic acids is 1. The summed E-state index contributed by atoms with van der Waals surface area (Å²) in [5.74, 6) is -0.399. The number of hydrogen-bond acceptors (Lipinski definition) is 4. The Balaban J connectivity index is 2.13. The van der Waals surface area contributed by atoms with Crippen molar-refractivity contribution in [3.05, 3.63) is 23.8 Å². The van der Waals surface area contributed by atoms with E-state index < -0.39 is 5.60 Å². The maximum atomic E-state index is 12.1. The van der Waals surface area contributed by atoms with Gasteiger partial charge in [-0.15, -0.1) is 0 Å². The Hall–Kier alpha value is -1.75. The van der Waals surface area contributed by atoms with Gasteiger partial charge in [0, 0.05) is 0 Å². The second-order valence-corrected chi connectivity index (χ2v) is 5.16. The molecule has 5 nitrogen and oxygen atoms in total. The molecule has 1 heterocycles. The van der Waals surface area contributed by atoms with Crippen LogP contribution >= 0.6 is 0 Å². The van der Waals surface area contributed by atoms with Crippen molar-refractivity contribution in [1.82, 2.24) is 4.90 Å². The van der Waals surface area contributed by atoms with Gasteiger partial charge in [0.1, 0.15) is 5.60 Å². The largest absolute Gasteiger partial charge is 0.505 e. The summed E-state index contributed by atoms with van der Waals surface area (Å²) in [6.45, 7) is 4.41. The van der Waals surface area contributed by atoms with E-state index >= 15 is 0 Å². The normalized spacial score (nSPS) is 17.7. The summed E-state index contributed by atoms with van der Waals surface area (Å²) in [7, 11) is 0. The number of nitrogens with zero attached hydrogens (tertiary/aromatic N) is 1. The van der Waals surface area contributed by atoms with E-state index in [1.165, 1.54) is 17.0 Å². The summed E-state index contributed by atoms with van der Waals surface area (Å²) in [4.78, 5) is 13.6. The number of β-amino-alcohol motifs (C(OH)–C–C–N with tert-alkyl or cyclic N) is 1. The number of phenolic OH excluding ortho intramolecular Hbond substituents is 1. The molecule has 1 aliphatic rings. The third-order valence-corrected chi connectivity index (χ3v) is 3.59. The molecule has 0 aromatic heterocycles. The first kappa shape index (κ1) is 12.7. The monoisotopic (exact) mass is 250 g/mol. The van der Waals surface area contributed by atoms with Gasteiger partial charge < -0.3 is 20.8 Å². The number of amides is 1. The third kappa shape index (κ3) is 1.90. The molecule has 5 heteroatoms. The van der Waals surface area contributed by atoms with E-state index in [1.54, 1.807) is 6.07 Å². The van der Waals surface area contributed by atoms with Crippen LogP contribution in [-0.4, -0.2) is 39.7 Å². The predicted molar refractivity (Wildman–Crippen MR) is 68.2 cm³/mol. The van der Waals surface area contributed by atoms with E-state index in [9.17, 15) is 15.0 Å². The van der Waals surface area contributed by atoms with Crippen LogP contribution in [0.2, 0.25) is 0 Å². The molecule has 98 valence electrons. The second-order valence-electron chi connectivity index (χ2n) is 5.16. The molecule has 1 aliphatic heterocycles. The average molecular weight is 250 g/mol. The van der Waals surface area contributed by atoms with Crippen molar-refractivity contribution >= 4 is 11.6 Å². The highest BCUT2D eigenvalue weighted by Crippen LogP contribution is 2.32. The lowest BCUT2D eigenvalue weighted by Crippen LogP contribution is -2.65. The van der Waals surface area contributed by atoms with Crippen LogP contribution in [0.3, 0.4) is 0 Å². The SMILES string of the molecule is CC(C)C1(O)CN(C(=O)c2cccc(N)c2O)C1. The van der Waals surface area contributed by atoms with Gasteiger partial charge in [0.05, 0.1) is 24.3 Å². The van der Waals surface area contributed by atoms with E-state index in [0.717, 1.165) is 0 Å². The summed E-state index contributed by atoms with van der Waals surface area (Å²) in [5.41, 5.74) is 5.10. The van der Waals surface area contributed by atoms with Crippen LogP contribution in [0.1, 0.15) is 24.2 Å². The number of para-hydroxylation sites is 1. The number of nitrogens with two attached hydrogens (primary N) is 1. The Kier molecular flexibility index (Phi) is 2.94. The highest BCUT2D eigenvalue weighted by Gasteiger charge is 2.46. The number of benzene rings is 1. The van der Waals surface area contributed by atoms with Gasteiger partial charge in [0.15, 0.2) is 5.75 Å². The zero-order valence-corrected chi connectivity index (χ0v) is 10.6. The van der Waals surface area contributed by atoms with Gasteiger partial charge in [-0.05, 0) is 18.1 Å². The first-order valence-electron chi connectivity index (χ1n) is 5.94. The lowest BCUT2D eigenvalue weighted by molar-refractivity contribution is -0.110. The van der Waals surface area contributed by atoms with Crippen LogP contribution in [-0.2, 0) is 0 Å². The lowest BCUT2D eigenvalue weighted by atomic mass is 9.82. The topological polar surface area (TPSA) is 86.8 Å². The Morgan fingerprint density at radius 2 is 2.06 bits per heavy atom. The summed E-state index contributed by atoms with van der Waals surface area (Å²) in [5, 5.41) is 19.8. The van der Waals surface area contributed by atoms with E-state index in [-0.39, 0.29) is 41.9 Å². The highest BCUT2D eigenvalue weighted by atomic mass is 16.3. The van der Waals surface area contributed by atoms with Crippen LogP contribution in [0.4, 0.5) is 5.69 Å². The predicted octanol–water partition coefficient (Wildman–Crippen LogP) is 0.817. The standard InChI is InChI=1S/C13H18N2O3/c1-8(2)13(18)6-15(7-13)12(17)9-4-3-5-10(14)11(9)16/h3-5,8,16,18H,6-7,14H2,1-2H3. The fourth-order valence-corrected chi connectivity index (χ4v) is 2.03. The van der Waals surface area contributed by atoms with Gasteiger partial charge in [0.2, 0.25) is 0 Å². The van der Waals surface area contributed by atoms with Gasteiger partial charge in [-0.1, -0.05) is 19.9 Å². The maximum absolute atomic E-state index is 12.1. The number of phenols is 1. The number of nitrogen functional groups attached to an aromatic ring is 1. The molecule has 1 aromatic rings. The minimum Gasteiger partial charge on any atom is -0.505 e. The molecule has 0 radical (unpaired) electrons. The smallest absolute Gasteiger partial charge is 0.257 e. The molecule has 0 unspecified atom stereocenters. The number of likely N-dealkylation sites (tertiary alicyclic amines) is 1. The molecule has 1 amide bonds. The van der Waals surface area contributed by atoms with Crippen LogP contribution in [0.15, 0.2) is 18.2 Å². The molecule has 1 aromatic carbocycles. The fraction of sp³-hybridized carbons (Fsp3) is 0.462. The summed E-state index contributed by atoms with van der Waals surface area (Å²) >= 11 is 0. The van der Waals surface area contributed by atoms with Crippen molar-refractivity contribution in [3.63, 3.8) is 0 Å². The molecular weight excluding hydrogens is 232 g/mol. The van der Waals surface area contributed by atoms with Crippen molar-refractivity contribution in [2.24, 2.45) is 5.92 Å². The number of carbonyl (C=O) groups is 1. The van der Waals surface area contributed by atoms with Crippen molar-refractivity contribution < 1.29 is 15.0 Å². The number of aromatic hydroxyl groups is 1. The molecule has 2 rings (SSSR count). The Bertz CT molecular complexity index is 479. The van der Waals surface area contributed by atoms with Gasteiger partial charge >= 0.3 is 0 Å². The molecule has 0 atom stereocenters. The van der Waals surface area contributed by atoms with Crippen LogP contribution in [0.25, 0.3) is 0 Å². The summed E-state index contributed by atoms with van der Waals surface area (Å²) in [6, 6.07) is 4.68. The summed E-state index contributed by atoms with van der Waals surface area (Å²) in [6.07, 6.45) is 0. The van der Waals surface area contributed by atoms with Gasteiger partial charge in [-0.3, -0.25) is 4.79 Å². The Labute approximate surface area is 106 Å². The van der Waals surface area contributed by atoms with Gasteiger partial charge in [-0.25, -0.2) is 0 Å². The minimum absolute atomic E-state index is 0.0935. The molecule has 18 heavy (non-hydrogen) atoms. The zero-order valence-electron chi connectivity index (χ0n) is 10.6. The van der Waals surface area contributed by atoms with Crippen molar-refractivity contribution in [2.75, 3.05) is 18.8 Å². The second kappa shape index (κ2) is 4.17. The fourth-order valence-electron chi connectivity index (χ4n) is 2.03. The lowest BCUT2D eigenvalue weighted by Gasteiger charge is -2.49. The quantitative estimate of drug-likeness (QED) is 0.535. The Morgan fingerprint density at radius 1 is 1.44 bits per heavy atom. The molecule has 0 spiro atoms. The average Bonchev–Trinajstić information content (AvgIpc) is 2.27. The van der Waals surface area contributed by atoms with Gasteiger partial charge in [-0.2, -0.15) is 0 Å². The minimum atomic E-state index is -0.814. The number of aliphatic hydroxyl groups is 1. The van der Waals surface area contributed by atoms with Gasteiger partial charge in [0.25, 0.3) is 5.91 Å². The van der Waals surface area contributed by atoms with Crippen molar-refractivity contribution in [3.8, 4) is 5.75 Å². The van der Waals surface area contributed by atoms with Crippen LogP contribution < -0.4 is 5.73 Å². The van der Waals surface area contributed by atoms with Crippen molar-refractivity contribution in [2.45, 2.75) is 19.4 Å². The van der Waals surface area contributed by atoms with Crippen molar-refractivity contribution in [1.29, 1.82) is 0 Å². The number of anilines is 1. The molecule has 1 saturated heterocycles. The number of hydrogen-bond donors (Lipinski definition) is 3. The highest BCUT2D eigenvalue weighted by molar-refractivity contribution is 5.99. The Morgan fingerprint density at radius 3 is 2.61 bits per heavy atom. The van der Waals surface area contributed by atoms with E-state index in [0.29, 0.717) is 0 Å². The molecular formula is C13H18N2O3. The molecule has 0 bridgehead atoms. The van der Waals surface area contributed by atoms with E-state index in [4.69, 9.17) is 5.73 Å². The first-order valence-corrected chi connectivity index (χ1v) is 5.94. The van der Waals surface area contributed by atoms with Crippen LogP contribution in [0.5, 0.6) is 5.75 Å². The molecule has 1 fully saturated rings. The summed E-state index contributed by atoms with van der Waals surface area (Å²) < 4.78 is 0. The third-order valence-electron chi connectivity index (χ3n) is 3.59. The first-order chi connectivity index (χ1) is 8.35. The number of rotatable bonds is 2. The zero-order chi connectivity index (χ0) is 13.5. The molecule has 0 aliphatic carbocycles. The van der Waals surface area contributed by atoms with Crippen LogP contribution in [0, 0.1) is 5.92 Å². The molecule has 0 saturated carbocycles. The molecule has 4 N–H and O–H groups in total.